The van der Waals surface area contributed by atoms with Crippen LogP contribution in [-0.2, 0) is 0 Å². The smallest absolute Gasteiger partial charge is 0.0712 e. The Balaban J connectivity index is 1.70. The molecule has 94 valence electrons. The molecule has 4 rings (SSSR count). The molecule has 1 heteroatoms. The molecule has 1 atom stereocenters. The molecule has 4 aliphatic carbocycles. The van der Waals surface area contributed by atoms with E-state index in [0.717, 1.165) is 29.7 Å². The van der Waals surface area contributed by atoms with E-state index in [1.807, 2.05) is 0 Å². The van der Waals surface area contributed by atoms with E-state index in [1.165, 1.54) is 32.1 Å². The van der Waals surface area contributed by atoms with Crippen LogP contribution in [0.15, 0.2) is 0 Å². The van der Waals surface area contributed by atoms with Gasteiger partial charge in [-0.1, -0.05) is 19.8 Å². The van der Waals surface area contributed by atoms with Crippen molar-refractivity contribution in [3.63, 3.8) is 0 Å². The van der Waals surface area contributed by atoms with E-state index in [0.29, 0.717) is 5.92 Å². The molecule has 4 bridgehead atoms. The molecule has 4 aliphatic rings. The molecule has 0 amide bonds. The quantitative estimate of drug-likeness (QED) is 0.736. The maximum Gasteiger partial charge on any atom is 0.0712 e. The second kappa shape index (κ2) is 4.32. The predicted molar refractivity (Wildman–Crippen MR) is 71.4 cm³/mol. The van der Waals surface area contributed by atoms with Crippen molar-refractivity contribution in [2.75, 3.05) is 0 Å². The number of hydrogen-bond donors (Lipinski definition) is 1. The molecule has 1 unspecified atom stereocenters. The average molecular weight is 231 g/mol. The van der Waals surface area contributed by atoms with Gasteiger partial charge in [-0.3, -0.25) is 0 Å². The van der Waals surface area contributed by atoms with E-state index >= 15 is 0 Å². The van der Waals surface area contributed by atoms with Crippen LogP contribution < -0.4 is 5.32 Å². The largest absolute Gasteiger partial charge is 0.300 e. The molecule has 0 aromatic heterocycles. The van der Waals surface area contributed by atoms with Gasteiger partial charge in [0.05, 0.1) is 6.04 Å². The van der Waals surface area contributed by atoms with E-state index in [1.54, 1.807) is 0 Å². The standard InChI is InChI=1S/C16H25N/c1-4-15(10(2)3)17-16-13-6-11-5-12(8-13)9-14(16)7-11/h1,10-17H,5-9H2,2-3H3. The summed E-state index contributed by atoms with van der Waals surface area (Å²) < 4.78 is 0. The number of rotatable bonds is 3. The number of nitrogens with one attached hydrogen (secondary N) is 1. The summed E-state index contributed by atoms with van der Waals surface area (Å²) in [6.45, 7) is 4.46. The van der Waals surface area contributed by atoms with Crippen molar-refractivity contribution in [1.82, 2.24) is 5.32 Å². The highest BCUT2D eigenvalue weighted by Crippen LogP contribution is 2.53. The maximum absolute atomic E-state index is 5.66. The van der Waals surface area contributed by atoms with Crippen LogP contribution in [0.1, 0.15) is 46.0 Å². The molecule has 4 fully saturated rings. The minimum absolute atomic E-state index is 0.275. The van der Waals surface area contributed by atoms with Crippen molar-refractivity contribution >= 4 is 0 Å². The first-order valence-corrected chi connectivity index (χ1v) is 7.39. The van der Waals surface area contributed by atoms with Crippen molar-refractivity contribution in [2.24, 2.45) is 29.6 Å². The van der Waals surface area contributed by atoms with E-state index in [9.17, 15) is 0 Å². The van der Waals surface area contributed by atoms with Crippen molar-refractivity contribution in [2.45, 2.75) is 58.0 Å². The maximum atomic E-state index is 5.66. The van der Waals surface area contributed by atoms with Crippen molar-refractivity contribution in [3.8, 4) is 12.3 Å². The summed E-state index contributed by atoms with van der Waals surface area (Å²) in [6.07, 6.45) is 13.1. The third-order valence-corrected chi connectivity index (χ3v) is 5.44. The summed E-state index contributed by atoms with van der Waals surface area (Å²) in [4.78, 5) is 0. The monoisotopic (exact) mass is 231 g/mol. The molecule has 0 aromatic rings. The van der Waals surface area contributed by atoms with Gasteiger partial charge in [0.2, 0.25) is 0 Å². The molecule has 1 N–H and O–H groups in total. The molecule has 0 aliphatic heterocycles. The Morgan fingerprint density at radius 2 is 1.53 bits per heavy atom. The molecule has 0 saturated heterocycles. The van der Waals surface area contributed by atoms with E-state index in [-0.39, 0.29) is 6.04 Å². The van der Waals surface area contributed by atoms with Gasteiger partial charge in [0.25, 0.3) is 0 Å². The Morgan fingerprint density at radius 1 is 1.00 bits per heavy atom. The van der Waals surface area contributed by atoms with Crippen LogP contribution in [0.3, 0.4) is 0 Å². The van der Waals surface area contributed by atoms with Crippen LogP contribution in [0, 0.1) is 41.9 Å². The Morgan fingerprint density at radius 3 is 1.94 bits per heavy atom. The molecular formula is C16H25N. The summed E-state index contributed by atoms with van der Waals surface area (Å²) >= 11 is 0. The van der Waals surface area contributed by atoms with Crippen molar-refractivity contribution in [1.29, 1.82) is 0 Å². The second-order valence-electron chi connectivity index (χ2n) is 7.01. The van der Waals surface area contributed by atoms with Crippen LogP contribution >= 0.6 is 0 Å². The van der Waals surface area contributed by atoms with Crippen LogP contribution in [0.5, 0.6) is 0 Å². The van der Waals surface area contributed by atoms with Gasteiger partial charge < -0.3 is 5.32 Å². The fourth-order valence-corrected chi connectivity index (χ4v) is 4.84. The Kier molecular flexibility index (Phi) is 2.95. The minimum atomic E-state index is 0.275. The zero-order valence-corrected chi connectivity index (χ0v) is 11.2. The summed E-state index contributed by atoms with van der Waals surface area (Å²) in [6, 6.07) is 1.00. The first kappa shape index (κ1) is 11.6. The Labute approximate surface area is 106 Å². The summed E-state index contributed by atoms with van der Waals surface area (Å²) in [5.41, 5.74) is 0. The second-order valence-corrected chi connectivity index (χ2v) is 7.01. The van der Waals surface area contributed by atoms with E-state index in [2.05, 4.69) is 25.1 Å². The highest BCUT2D eigenvalue weighted by molar-refractivity contribution is 5.07. The number of hydrogen-bond acceptors (Lipinski definition) is 1. The van der Waals surface area contributed by atoms with Crippen molar-refractivity contribution < 1.29 is 0 Å². The molecular weight excluding hydrogens is 206 g/mol. The van der Waals surface area contributed by atoms with Crippen molar-refractivity contribution in [3.05, 3.63) is 0 Å². The highest BCUT2D eigenvalue weighted by atomic mass is 15.0. The van der Waals surface area contributed by atoms with E-state index in [4.69, 9.17) is 6.42 Å². The minimum Gasteiger partial charge on any atom is -0.300 e. The first-order chi connectivity index (χ1) is 8.17. The van der Waals surface area contributed by atoms with Gasteiger partial charge in [-0.2, -0.15) is 0 Å². The van der Waals surface area contributed by atoms with Gasteiger partial charge in [-0.15, -0.1) is 6.42 Å². The van der Waals surface area contributed by atoms with E-state index < -0.39 is 0 Å². The zero-order valence-electron chi connectivity index (χ0n) is 11.2. The lowest BCUT2D eigenvalue weighted by Gasteiger charge is -2.55. The molecule has 4 saturated carbocycles. The van der Waals surface area contributed by atoms with Crippen LogP contribution in [0.2, 0.25) is 0 Å². The lowest BCUT2D eigenvalue weighted by atomic mass is 9.54. The average Bonchev–Trinajstić information content (AvgIpc) is 2.27. The normalized spacial score (nSPS) is 44.9. The molecule has 0 aromatic carbocycles. The molecule has 0 radical (unpaired) electrons. The molecule has 1 nitrogen and oxygen atoms in total. The highest BCUT2D eigenvalue weighted by Gasteiger charge is 2.48. The Hall–Kier alpha value is -0.480. The third-order valence-electron chi connectivity index (χ3n) is 5.44. The fourth-order valence-electron chi connectivity index (χ4n) is 4.84. The van der Waals surface area contributed by atoms with Gasteiger partial charge in [-0.25, -0.2) is 0 Å². The molecule has 0 heterocycles. The summed E-state index contributed by atoms with van der Waals surface area (Å²) in [7, 11) is 0. The lowest BCUT2D eigenvalue weighted by Crippen LogP contribution is -2.57. The predicted octanol–water partition coefficient (Wildman–Crippen LogP) is 3.06. The van der Waals surface area contributed by atoms with Crippen LogP contribution in [0.25, 0.3) is 0 Å². The van der Waals surface area contributed by atoms with Gasteiger partial charge in [-0.05, 0) is 61.7 Å². The van der Waals surface area contributed by atoms with Gasteiger partial charge in [0.1, 0.15) is 0 Å². The van der Waals surface area contributed by atoms with Gasteiger partial charge in [0.15, 0.2) is 0 Å². The summed E-state index contributed by atoms with van der Waals surface area (Å²) in [5, 5.41) is 3.81. The SMILES string of the molecule is C#CC(NC1C2CC3CC(C2)CC1C3)C(C)C. The Bertz CT molecular complexity index is 297. The summed E-state index contributed by atoms with van der Waals surface area (Å²) in [5.74, 6) is 7.47. The van der Waals surface area contributed by atoms with Gasteiger partial charge in [0, 0.05) is 6.04 Å². The molecule has 0 spiro atoms. The molecule has 17 heavy (non-hydrogen) atoms. The lowest BCUT2D eigenvalue weighted by molar-refractivity contribution is -0.0170. The topological polar surface area (TPSA) is 12.0 Å². The first-order valence-electron chi connectivity index (χ1n) is 7.39. The zero-order chi connectivity index (χ0) is 12.0. The fraction of sp³-hybridized carbons (Fsp3) is 0.875. The third kappa shape index (κ3) is 2.02. The van der Waals surface area contributed by atoms with Crippen LogP contribution in [-0.4, -0.2) is 12.1 Å². The number of terminal acetylenes is 1. The van der Waals surface area contributed by atoms with Gasteiger partial charge >= 0.3 is 0 Å². The van der Waals surface area contributed by atoms with Crippen LogP contribution in [0.4, 0.5) is 0 Å².